The summed E-state index contributed by atoms with van der Waals surface area (Å²) >= 11 is 0. The van der Waals surface area contributed by atoms with Crippen molar-refractivity contribution in [1.82, 2.24) is 20.1 Å². The van der Waals surface area contributed by atoms with Crippen LogP contribution in [0.15, 0.2) is 24.5 Å². The van der Waals surface area contributed by atoms with Crippen molar-refractivity contribution in [3.05, 3.63) is 24.5 Å². The smallest absolute Gasteiger partial charge is 0.407 e. The van der Waals surface area contributed by atoms with Gasteiger partial charge in [0.15, 0.2) is 0 Å². The Hall–Kier alpha value is -2.35. The van der Waals surface area contributed by atoms with Crippen molar-refractivity contribution in [2.75, 3.05) is 39.3 Å². The Morgan fingerprint density at radius 3 is 2.77 bits per heavy atom. The first-order valence-corrected chi connectivity index (χ1v) is 9.02. The molecule has 8 nitrogen and oxygen atoms in total. The molecule has 0 aromatic carbocycles. The molecule has 2 aliphatic rings. The number of piperazine rings is 1. The lowest BCUT2D eigenvalue weighted by Crippen LogP contribution is -2.69. The molecule has 2 fully saturated rings. The number of carboxylic acid groups (broad SMARTS) is 1. The third kappa shape index (κ3) is 3.75. The second kappa shape index (κ2) is 7.90. The number of hydrogen-bond donors (Lipinski definition) is 2. The number of nitrogens with zero attached hydrogens (tertiary/aromatic N) is 3. The van der Waals surface area contributed by atoms with Crippen molar-refractivity contribution >= 4 is 12.0 Å². The number of hydrogen-bond acceptors (Lipinski definition) is 5. The highest BCUT2D eigenvalue weighted by atomic mass is 16.5. The summed E-state index contributed by atoms with van der Waals surface area (Å²) < 4.78 is 5.97. The van der Waals surface area contributed by atoms with Gasteiger partial charge in [-0.05, 0) is 30.9 Å². The maximum Gasteiger partial charge on any atom is 0.407 e. The Morgan fingerprint density at radius 1 is 1.38 bits per heavy atom. The second-order valence-electron chi connectivity index (χ2n) is 6.97. The van der Waals surface area contributed by atoms with Crippen molar-refractivity contribution < 1.29 is 19.4 Å². The van der Waals surface area contributed by atoms with E-state index in [9.17, 15) is 14.7 Å². The molecular weight excluding hydrogens is 336 g/mol. The molecule has 1 aromatic heterocycles. The Balaban J connectivity index is 1.81. The quantitative estimate of drug-likeness (QED) is 0.831. The van der Waals surface area contributed by atoms with E-state index in [-0.39, 0.29) is 18.4 Å². The standard InChI is InChI=1S/C18H26N4O4/c1-14(23)21-8-4-15(5-9-21)18(12-20-7-10-22(18)17(24)25)13-26-16-3-2-6-19-11-16/h2-3,6,11,15,20H,4-5,7-10,12-13H2,1H3,(H,24,25). The molecule has 8 heteroatoms. The molecule has 26 heavy (non-hydrogen) atoms. The Labute approximate surface area is 153 Å². The highest BCUT2D eigenvalue weighted by Crippen LogP contribution is 2.35. The number of nitrogens with one attached hydrogen (secondary N) is 1. The largest absolute Gasteiger partial charge is 0.489 e. The van der Waals surface area contributed by atoms with Crippen LogP contribution in [0.2, 0.25) is 0 Å². The van der Waals surface area contributed by atoms with Crippen LogP contribution >= 0.6 is 0 Å². The van der Waals surface area contributed by atoms with Crippen molar-refractivity contribution in [3.63, 3.8) is 0 Å². The molecule has 3 heterocycles. The third-order valence-electron chi connectivity index (χ3n) is 5.54. The maximum absolute atomic E-state index is 12.0. The first-order chi connectivity index (χ1) is 12.5. The minimum absolute atomic E-state index is 0.0703. The number of rotatable bonds is 4. The van der Waals surface area contributed by atoms with Gasteiger partial charge in [0.05, 0.1) is 11.7 Å². The number of pyridine rings is 1. The summed E-state index contributed by atoms with van der Waals surface area (Å²) in [6, 6.07) is 3.61. The van der Waals surface area contributed by atoms with Crippen LogP contribution in [0.3, 0.4) is 0 Å². The average molecular weight is 362 g/mol. The molecule has 142 valence electrons. The normalized spacial score (nSPS) is 24.3. The van der Waals surface area contributed by atoms with Gasteiger partial charge in [-0.15, -0.1) is 0 Å². The fraction of sp³-hybridized carbons (Fsp3) is 0.611. The summed E-state index contributed by atoms with van der Waals surface area (Å²) in [6.45, 7) is 4.76. The molecule has 1 atom stereocenters. The van der Waals surface area contributed by atoms with Crippen LogP contribution in [0, 0.1) is 5.92 Å². The van der Waals surface area contributed by atoms with Crippen molar-refractivity contribution in [2.24, 2.45) is 5.92 Å². The van der Waals surface area contributed by atoms with Gasteiger partial charge in [0.25, 0.3) is 0 Å². The van der Waals surface area contributed by atoms with Gasteiger partial charge >= 0.3 is 6.09 Å². The number of amides is 2. The predicted octanol–water partition coefficient (Wildman–Crippen LogP) is 1.04. The number of ether oxygens (including phenoxy) is 1. The van der Waals surface area contributed by atoms with E-state index in [1.807, 2.05) is 11.0 Å². The predicted molar refractivity (Wildman–Crippen MR) is 95.0 cm³/mol. The van der Waals surface area contributed by atoms with Crippen LogP contribution in [0.1, 0.15) is 19.8 Å². The van der Waals surface area contributed by atoms with Crippen LogP contribution in [0.4, 0.5) is 4.79 Å². The van der Waals surface area contributed by atoms with Crippen LogP contribution in [-0.2, 0) is 4.79 Å². The van der Waals surface area contributed by atoms with Gasteiger partial charge in [-0.1, -0.05) is 0 Å². The zero-order valence-corrected chi connectivity index (χ0v) is 15.1. The molecular formula is C18H26N4O4. The summed E-state index contributed by atoms with van der Waals surface area (Å²) in [4.78, 5) is 31.0. The minimum atomic E-state index is -0.921. The van der Waals surface area contributed by atoms with Gasteiger partial charge in [-0.25, -0.2) is 4.79 Å². The maximum atomic E-state index is 12.0. The van der Waals surface area contributed by atoms with E-state index in [1.165, 1.54) is 4.90 Å². The molecule has 1 aromatic rings. The molecule has 0 radical (unpaired) electrons. The fourth-order valence-electron chi connectivity index (χ4n) is 4.08. The molecule has 2 N–H and O–H groups in total. The Morgan fingerprint density at radius 2 is 2.15 bits per heavy atom. The van der Waals surface area contributed by atoms with Gasteiger partial charge in [0.2, 0.25) is 5.91 Å². The van der Waals surface area contributed by atoms with Crippen molar-refractivity contribution in [3.8, 4) is 5.75 Å². The molecule has 2 aliphatic heterocycles. The van der Waals surface area contributed by atoms with Gasteiger partial charge < -0.3 is 20.1 Å². The Kier molecular flexibility index (Phi) is 5.61. The zero-order valence-electron chi connectivity index (χ0n) is 15.1. The van der Waals surface area contributed by atoms with Crippen molar-refractivity contribution in [1.29, 1.82) is 0 Å². The van der Waals surface area contributed by atoms with E-state index >= 15 is 0 Å². The van der Waals surface area contributed by atoms with E-state index in [0.717, 1.165) is 12.8 Å². The molecule has 2 saturated heterocycles. The first-order valence-electron chi connectivity index (χ1n) is 9.02. The summed E-state index contributed by atoms with van der Waals surface area (Å²) in [7, 11) is 0. The molecule has 2 amide bonds. The highest BCUT2D eigenvalue weighted by Gasteiger charge is 2.49. The average Bonchev–Trinajstić information content (AvgIpc) is 2.67. The lowest BCUT2D eigenvalue weighted by molar-refractivity contribution is -0.131. The Bertz CT molecular complexity index is 633. The number of aromatic nitrogens is 1. The number of piperidine rings is 1. The SMILES string of the molecule is CC(=O)N1CCC(C2(COc3cccnc3)CNCCN2C(=O)O)CC1. The van der Waals surface area contributed by atoms with Crippen molar-refractivity contribution in [2.45, 2.75) is 25.3 Å². The number of carbonyl (C=O) groups excluding carboxylic acids is 1. The van der Waals surface area contributed by atoms with E-state index in [2.05, 4.69) is 10.3 Å². The van der Waals surface area contributed by atoms with E-state index in [0.29, 0.717) is 38.5 Å². The van der Waals surface area contributed by atoms with Gasteiger partial charge in [0, 0.05) is 45.8 Å². The lowest BCUT2D eigenvalue weighted by Gasteiger charge is -2.52. The van der Waals surface area contributed by atoms with Gasteiger partial charge in [-0.2, -0.15) is 0 Å². The van der Waals surface area contributed by atoms with Crippen LogP contribution < -0.4 is 10.1 Å². The molecule has 0 saturated carbocycles. The van der Waals surface area contributed by atoms with E-state index in [4.69, 9.17) is 4.74 Å². The summed E-state index contributed by atoms with van der Waals surface area (Å²) in [6.07, 6.45) is 3.91. The second-order valence-corrected chi connectivity index (χ2v) is 6.97. The molecule has 0 spiro atoms. The van der Waals surface area contributed by atoms with E-state index in [1.54, 1.807) is 25.4 Å². The lowest BCUT2D eigenvalue weighted by atomic mass is 9.75. The number of carbonyl (C=O) groups is 2. The summed E-state index contributed by atoms with van der Waals surface area (Å²) in [5, 5.41) is 13.2. The van der Waals surface area contributed by atoms with E-state index < -0.39 is 11.6 Å². The monoisotopic (exact) mass is 362 g/mol. The topological polar surface area (TPSA) is 95.0 Å². The molecule has 0 aliphatic carbocycles. The minimum Gasteiger partial charge on any atom is -0.489 e. The third-order valence-corrected chi connectivity index (χ3v) is 5.54. The summed E-state index contributed by atoms with van der Waals surface area (Å²) in [5.74, 6) is 0.823. The first kappa shape index (κ1) is 18.4. The fourth-order valence-corrected chi connectivity index (χ4v) is 4.08. The zero-order chi connectivity index (χ0) is 18.6. The number of likely N-dealkylation sites (tertiary alicyclic amines) is 1. The molecule has 1 unspecified atom stereocenters. The summed E-state index contributed by atoms with van der Waals surface area (Å²) in [5.41, 5.74) is -0.650. The van der Waals surface area contributed by atoms with Gasteiger partial charge in [-0.3, -0.25) is 14.7 Å². The van der Waals surface area contributed by atoms with Crippen LogP contribution in [0.5, 0.6) is 5.75 Å². The van der Waals surface area contributed by atoms with Gasteiger partial charge in [0.1, 0.15) is 12.4 Å². The highest BCUT2D eigenvalue weighted by molar-refractivity contribution is 5.73. The van der Waals surface area contributed by atoms with Crippen LogP contribution in [-0.4, -0.2) is 76.8 Å². The van der Waals surface area contributed by atoms with Crippen LogP contribution in [0.25, 0.3) is 0 Å². The molecule has 0 bridgehead atoms. The molecule has 3 rings (SSSR count).